The van der Waals surface area contributed by atoms with E-state index >= 15 is 0 Å². The monoisotopic (exact) mass is 229 g/mol. The van der Waals surface area contributed by atoms with E-state index in [9.17, 15) is 9.59 Å². The van der Waals surface area contributed by atoms with E-state index in [1.54, 1.807) is 7.05 Å². The molecule has 2 amide bonds. The van der Waals surface area contributed by atoms with Crippen LogP contribution in [0, 0.1) is 0 Å². The first kappa shape index (κ1) is 14.4. The first-order valence-electron chi connectivity index (χ1n) is 5.01. The Labute approximate surface area is 94.7 Å². The summed E-state index contributed by atoms with van der Waals surface area (Å²) in [5, 5.41) is 5.05. The third-order valence-electron chi connectivity index (χ3n) is 2.02. The molecule has 0 aliphatic rings. The summed E-state index contributed by atoms with van der Waals surface area (Å²) in [5.74, 6) is 0.0889. The standard InChI is InChI=1S/C9H19N5O2/c1-6(15)7(12-2)4-3-5-13-8(10)14-9(11)16/h7,12H,3-5H2,1-2H3,(H5,10,11,13,14,16). The Bertz CT molecular complexity index is 277. The molecule has 0 saturated heterocycles. The first-order valence-corrected chi connectivity index (χ1v) is 5.01. The Kier molecular flexibility index (Phi) is 6.86. The summed E-state index contributed by atoms with van der Waals surface area (Å²) in [4.78, 5) is 25.3. The number of guanidine groups is 1. The molecule has 0 aliphatic heterocycles. The highest BCUT2D eigenvalue weighted by molar-refractivity contribution is 5.94. The van der Waals surface area contributed by atoms with Gasteiger partial charge in [0.05, 0.1) is 6.04 Å². The summed E-state index contributed by atoms with van der Waals surface area (Å²) in [6, 6.07) is -0.890. The zero-order valence-corrected chi connectivity index (χ0v) is 9.62. The van der Waals surface area contributed by atoms with E-state index < -0.39 is 6.03 Å². The van der Waals surface area contributed by atoms with Gasteiger partial charge >= 0.3 is 6.03 Å². The number of likely N-dealkylation sites (N-methyl/N-ethyl adjacent to an activating group) is 1. The zero-order valence-electron chi connectivity index (χ0n) is 9.62. The van der Waals surface area contributed by atoms with Crippen LogP contribution < -0.4 is 22.1 Å². The molecule has 0 aromatic carbocycles. The summed E-state index contributed by atoms with van der Waals surface area (Å²) in [6.07, 6.45) is 1.38. The number of carbonyl (C=O) groups is 2. The number of aliphatic imine (C=N–C) groups is 1. The first-order chi connectivity index (χ1) is 7.47. The van der Waals surface area contributed by atoms with Crippen molar-refractivity contribution in [1.82, 2.24) is 10.6 Å². The van der Waals surface area contributed by atoms with Crippen molar-refractivity contribution in [2.24, 2.45) is 16.5 Å². The van der Waals surface area contributed by atoms with Crippen molar-refractivity contribution in [3.05, 3.63) is 0 Å². The number of carbonyl (C=O) groups excluding carboxylic acids is 2. The number of nitrogens with zero attached hydrogens (tertiary/aromatic N) is 1. The van der Waals surface area contributed by atoms with Gasteiger partial charge in [0, 0.05) is 6.54 Å². The van der Waals surface area contributed by atoms with E-state index in [0.29, 0.717) is 19.4 Å². The zero-order chi connectivity index (χ0) is 12.6. The van der Waals surface area contributed by atoms with E-state index in [4.69, 9.17) is 11.5 Å². The highest BCUT2D eigenvalue weighted by Gasteiger charge is 2.09. The maximum absolute atomic E-state index is 11.1. The second kappa shape index (κ2) is 7.63. The van der Waals surface area contributed by atoms with E-state index in [1.807, 2.05) is 0 Å². The second-order valence-corrected chi connectivity index (χ2v) is 3.35. The number of rotatable bonds is 6. The van der Waals surface area contributed by atoms with Crippen LogP contribution in [0.2, 0.25) is 0 Å². The highest BCUT2D eigenvalue weighted by Crippen LogP contribution is 1.98. The number of ketones is 1. The minimum atomic E-state index is -0.738. The Hall–Kier alpha value is -1.63. The molecule has 0 rings (SSSR count). The fourth-order valence-corrected chi connectivity index (χ4v) is 1.21. The molecule has 6 N–H and O–H groups in total. The number of amides is 2. The van der Waals surface area contributed by atoms with Gasteiger partial charge in [-0.05, 0) is 26.8 Å². The third-order valence-corrected chi connectivity index (χ3v) is 2.02. The number of nitrogens with two attached hydrogens (primary N) is 2. The maximum Gasteiger partial charge on any atom is 0.318 e. The molecule has 0 spiro atoms. The molecule has 16 heavy (non-hydrogen) atoms. The molecule has 0 saturated carbocycles. The van der Waals surface area contributed by atoms with Crippen LogP contribution in [0.5, 0.6) is 0 Å². The van der Waals surface area contributed by atoms with Crippen LogP contribution in [-0.2, 0) is 4.79 Å². The van der Waals surface area contributed by atoms with Crippen molar-refractivity contribution in [2.75, 3.05) is 13.6 Å². The Morgan fingerprint density at radius 2 is 2.00 bits per heavy atom. The van der Waals surface area contributed by atoms with Crippen LogP contribution in [0.3, 0.4) is 0 Å². The lowest BCUT2D eigenvalue weighted by molar-refractivity contribution is -0.119. The molecule has 1 atom stereocenters. The van der Waals surface area contributed by atoms with Gasteiger partial charge in [-0.2, -0.15) is 0 Å². The Balaban J connectivity index is 3.81. The van der Waals surface area contributed by atoms with Crippen LogP contribution in [-0.4, -0.2) is 37.4 Å². The smallest absolute Gasteiger partial charge is 0.318 e. The predicted molar refractivity (Wildman–Crippen MR) is 62.0 cm³/mol. The van der Waals surface area contributed by atoms with Gasteiger partial charge in [0.15, 0.2) is 5.96 Å². The van der Waals surface area contributed by atoms with Gasteiger partial charge in [-0.3, -0.25) is 15.1 Å². The van der Waals surface area contributed by atoms with Gasteiger partial charge in [0.25, 0.3) is 0 Å². The van der Waals surface area contributed by atoms with Crippen LogP contribution in [0.4, 0.5) is 4.79 Å². The minimum absolute atomic E-state index is 0.00340. The summed E-state index contributed by atoms with van der Waals surface area (Å²) in [5.41, 5.74) is 10.2. The number of hydrogen-bond donors (Lipinski definition) is 4. The summed E-state index contributed by atoms with van der Waals surface area (Å²) >= 11 is 0. The van der Waals surface area contributed by atoms with Crippen LogP contribution in [0.1, 0.15) is 19.8 Å². The van der Waals surface area contributed by atoms with Gasteiger partial charge in [-0.25, -0.2) is 4.79 Å². The van der Waals surface area contributed by atoms with E-state index in [0.717, 1.165) is 0 Å². The Morgan fingerprint density at radius 1 is 1.38 bits per heavy atom. The SMILES string of the molecule is CNC(CCCN=C(N)NC(N)=O)C(C)=O. The quantitative estimate of drug-likeness (QED) is 0.263. The minimum Gasteiger partial charge on any atom is -0.370 e. The van der Waals surface area contributed by atoms with Crippen LogP contribution in [0.25, 0.3) is 0 Å². The van der Waals surface area contributed by atoms with Crippen LogP contribution >= 0.6 is 0 Å². The van der Waals surface area contributed by atoms with Gasteiger partial charge in [-0.15, -0.1) is 0 Å². The molecule has 1 unspecified atom stereocenters. The van der Waals surface area contributed by atoms with Crippen LogP contribution in [0.15, 0.2) is 4.99 Å². The molecular formula is C9H19N5O2. The summed E-state index contributed by atoms with van der Waals surface area (Å²) in [6.45, 7) is 1.98. The number of Topliss-reactive ketones (excluding diaryl/α,β-unsaturated/α-hetero) is 1. The average molecular weight is 229 g/mol. The highest BCUT2D eigenvalue weighted by atomic mass is 16.2. The van der Waals surface area contributed by atoms with E-state index in [1.165, 1.54) is 6.92 Å². The molecule has 0 aliphatic carbocycles. The van der Waals surface area contributed by atoms with Crippen molar-refractivity contribution in [3.63, 3.8) is 0 Å². The van der Waals surface area contributed by atoms with Crippen molar-refractivity contribution in [1.29, 1.82) is 0 Å². The molecule has 0 heterocycles. The second-order valence-electron chi connectivity index (χ2n) is 3.35. The fourth-order valence-electron chi connectivity index (χ4n) is 1.21. The molecule has 0 aromatic heterocycles. The largest absolute Gasteiger partial charge is 0.370 e. The summed E-state index contributed by atoms with van der Waals surface area (Å²) in [7, 11) is 1.73. The molecule has 0 bridgehead atoms. The third kappa shape index (κ3) is 6.77. The lowest BCUT2D eigenvalue weighted by atomic mass is 10.1. The fraction of sp³-hybridized carbons (Fsp3) is 0.667. The number of urea groups is 1. The van der Waals surface area contributed by atoms with E-state index in [-0.39, 0.29) is 17.8 Å². The van der Waals surface area contributed by atoms with Crippen molar-refractivity contribution in [3.8, 4) is 0 Å². The Morgan fingerprint density at radius 3 is 2.44 bits per heavy atom. The number of nitrogens with one attached hydrogen (secondary N) is 2. The molecule has 7 nitrogen and oxygen atoms in total. The van der Waals surface area contributed by atoms with Crippen molar-refractivity contribution < 1.29 is 9.59 Å². The summed E-state index contributed by atoms with van der Waals surface area (Å²) < 4.78 is 0. The molecule has 92 valence electrons. The maximum atomic E-state index is 11.1. The molecule has 7 heteroatoms. The lowest BCUT2D eigenvalue weighted by Crippen LogP contribution is -2.40. The van der Waals surface area contributed by atoms with Crippen molar-refractivity contribution in [2.45, 2.75) is 25.8 Å². The van der Waals surface area contributed by atoms with Gasteiger partial charge < -0.3 is 16.8 Å². The average Bonchev–Trinajstić information content (AvgIpc) is 2.16. The topological polar surface area (TPSA) is 123 Å². The predicted octanol–water partition coefficient (Wildman–Crippen LogP) is -1.07. The molecule has 0 fully saturated rings. The lowest BCUT2D eigenvalue weighted by Gasteiger charge is -2.11. The van der Waals surface area contributed by atoms with E-state index in [2.05, 4.69) is 15.6 Å². The normalized spacial score (nSPS) is 13.2. The van der Waals surface area contributed by atoms with Gasteiger partial charge in [-0.1, -0.05) is 0 Å². The van der Waals surface area contributed by atoms with Gasteiger partial charge in [0.2, 0.25) is 0 Å². The molecule has 0 aromatic rings. The van der Waals surface area contributed by atoms with Crippen molar-refractivity contribution >= 4 is 17.8 Å². The number of primary amides is 1. The molecular weight excluding hydrogens is 210 g/mol. The van der Waals surface area contributed by atoms with Gasteiger partial charge in [0.1, 0.15) is 5.78 Å². The number of hydrogen-bond acceptors (Lipinski definition) is 4. The molecule has 0 radical (unpaired) electrons.